The highest BCUT2D eigenvalue weighted by Crippen LogP contribution is 2.50. The fourth-order valence-electron chi connectivity index (χ4n) is 4.96. The maximum absolute atomic E-state index is 13.9. The van der Waals surface area contributed by atoms with E-state index in [9.17, 15) is 53.0 Å². The molecule has 1 N–H and O–H groups in total. The number of rotatable bonds is 5. The molecule has 0 unspecified atom stereocenters. The van der Waals surface area contributed by atoms with Crippen LogP contribution in [0.2, 0.25) is 0 Å². The Labute approximate surface area is 211 Å². The van der Waals surface area contributed by atoms with Gasteiger partial charge in [-0.05, 0) is 22.8 Å². The lowest BCUT2D eigenvalue weighted by Crippen LogP contribution is -2.72. The second-order valence-corrected chi connectivity index (χ2v) is 11.8. The minimum Gasteiger partial charge on any atom is -0.369 e. The summed E-state index contributed by atoms with van der Waals surface area (Å²) in [6, 6.07) is 5.22. The molecule has 0 bridgehead atoms. The Bertz CT molecular complexity index is 1290. The first-order valence-corrected chi connectivity index (χ1v) is 12.9. The molecule has 2 aliphatic heterocycles. The van der Waals surface area contributed by atoms with E-state index in [4.69, 9.17) is 0 Å². The Hall–Kier alpha value is -2.36. The first-order valence-electron chi connectivity index (χ1n) is 11.0. The highest BCUT2D eigenvalue weighted by molar-refractivity contribution is 7.88. The van der Waals surface area contributed by atoms with E-state index in [0.717, 1.165) is 18.4 Å². The van der Waals surface area contributed by atoms with Crippen LogP contribution in [0, 0.1) is 5.41 Å². The quantitative estimate of drug-likeness (QED) is 0.522. The van der Waals surface area contributed by atoms with Gasteiger partial charge in [-0.3, -0.25) is 4.90 Å². The van der Waals surface area contributed by atoms with Crippen molar-refractivity contribution in [1.29, 1.82) is 0 Å². The Morgan fingerprint density at radius 2 is 1.37 bits per heavy atom. The molecule has 2 fully saturated rings. The van der Waals surface area contributed by atoms with Crippen molar-refractivity contribution in [1.82, 2.24) is 9.21 Å². The first-order chi connectivity index (χ1) is 17.2. The molecule has 15 heteroatoms. The second-order valence-electron chi connectivity index (χ2n) is 9.84. The van der Waals surface area contributed by atoms with Gasteiger partial charge >= 0.3 is 18.5 Å². The fraction of sp³-hybridized carbons (Fsp3) is 0.478. The maximum Gasteiger partial charge on any atom is 0.430 e. The highest BCUT2D eigenvalue weighted by Gasteiger charge is 2.71. The number of likely N-dealkylation sites (tertiary alicyclic amines) is 1. The minimum absolute atomic E-state index is 0.132. The van der Waals surface area contributed by atoms with Crippen molar-refractivity contribution in [2.75, 3.05) is 32.4 Å². The summed E-state index contributed by atoms with van der Waals surface area (Å²) in [5, 5.41) is 9.50. The van der Waals surface area contributed by atoms with Crippen LogP contribution in [0.25, 0.3) is 11.1 Å². The molecule has 0 aliphatic carbocycles. The van der Waals surface area contributed by atoms with Crippen molar-refractivity contribution in [3.63, 3.8) is 0 Å². The standard InChI is InChI=1S/C23H21F9N2O3S/c1-38(36,37)34-12-19(13-34)10-33(11-19)9-14-2-7-17(18(8-14)21(24,25)26)15-3-5-16(6-4-15)20(35,22(27,28)29)23(30,31)32/h2-8,35H,9-13H2,1H3. The van der Waals surface area contributed by atoms with Gasteiger partial charge in [-0.25, -0.2) is 12.7 Å². The maximum atomic E-state index is 13.9. The summed E-state index contributed by atoms with van der Waals surface area (Å²) in [6.07, 6.45) is -16.0. The predicted octanol–water partition coefficient (Wildman–Crippen LogP) is 4.76. The average molecular weight is 576 g/mol. The molecular formula is C23H21F9N2O3S. The van der Waals surface area contributed by atoms with Crippen molar-refractivity contribution in [2.45, 2.75) is 30.7 Å². The van der Waals surface area contributed by atoms with Crippen molar-refractivity contribution in [3.8, 4) is 11.1 Å². The van der Waals surface area contributed by atoms with Gasteiger partial charge in [0.15, 0.2) is 0 Å². The van der Waals surface area contributed by atoms with Gasteiger partial charge in [-0.1, -0.05) is 36.4 Å². The van der Waals surface area contributed by atoms with E-state index in [1.165, 1.54) is 10.4 Å². The normalized spacial score (nSPS) is 19.3. The average Bonchev–Trinajstić information content (AvgIpc) is 2.70. The van der Waals surface area contributed by atoms with Gasteiger partial charge < -0.3 is 5.11 Å². The van der Waals surface area contributed by atoms with Gasteiger partial charge in [-0.15, -0.1) is 0 Å². The molecule has 2 saturated heterocycles. The lowest BCUT2D eigenvalue weighted by molar-refractivity contribution is -0.376. The monoisotopic (exact) mass is 576 g/mol. The zero-order valence-corrected chi connectivity index (χ0v) is 20.4. The molecule has 0 saturated carbocycles. The summed E-state index contributed by atoms with van der Waals surface area (Å²) in [7, 11) is -3.30. The molecular weight excluding hydrogens is 555 g/mol. The Morgan fingerprint density at radius 3 is 1.82 bits per heavy atom. The number of benzene rings is 2. The summed E-state index contributed by atoms with van der Waals surface area (Å²) in [5.74, 6) is 0. The summed E-state index contributed by atoms with van der Waals surface area (Å²) in [4.78, 5) is 1.85. The number of sulfonamides is 1. The van der Waals surface area contributed by atoms with Gasteiger partial charge in [0.25, 0.3) is 5.60 Å². The smallest absolute Gasteiger partial charge is 0.369 e. The van der Waals surface area contributed by atoms with Gasteiger partial charge in [-0.2, -0.15) is 39.5 Å². The lowest BCUT2D eigenvalue weighted by atomic mass is 9.74. The Kier molecular flexibility index (Phi) is 6.65. The van der Waals surface area contributed by atoms with Gasteiger partial charge in [0.05, 0.1) is 11.8 Å². The van der Waals surface area contributed by atoms with Gasteiger partial charge in [0.2, 0.25) is 10.0 Å². The number of hydrogen-bond donors (Lipinski definition) is 1. The molecule has 5 nitrogen and oxygen atoms in total. The number of alkyl halides is 9. The SMILES string of the molecule is CS(=O)(=O)N1CC2(CN(Cc3ccc(-c4ccc(C(O)(C(F)(F)F)C(F)(F)F)cc4)c(C(F)(F)F)c3)C2)C1. The molecule has 0 amide bonds. The summed E-state index contributed by atoms with van der Waals surface area (Å²) < 4.78 is 145. The Balaban J connectivity index is 1.55. The summed E-state index contributed by atoms with van der Waals surface area (Å²) in [6.45, 7) is 1.79. The predicted molar refractivity (Wildman–Crippen MR) is 117 cm³/mol. The third kappa shape index (κ3) is 5.00. The largest absolute Gasteiger partial charge is 0.430 e. The molecule has 0 radical (unpaired) electrons. The summed E-state index contributed by atoms with van der Waals surface area (Å²) in [5.41, 5.74) is -8.61. The van der Waals surface area contributed by atoms with Crippen molar-refractivity contribution >= 4 is 10.0 Å². The van der Waals surface area contributed by atoms with Crippen LogP contribution in [0.3, 0.4) is 0 Å². The van der Waals surface area contributed by atoms with Gasteiger partial charge in [0.1, 0.15) is 0 Å². The molecule has 1 spiro atoms. The third-order valence-electron chi connectivity index (χ3n) is 6.84. The zero-order chi connectivity index (χ0) is 28.5. The molecule has 0 atom stereocenters. The van der Waals surface area contributed by atoms with Crippen LogP contribution < -0.4 is 0 Å². The van der Waals surface area contributed by atoms with Crippen LogP contribution in [-0.4, -0.2) is 67.5 Å². The van der Waals surface area contributed by atoms with Crippen LogP contribution in [0.15, 0.2) is 42.5 Å². The minimum atomic E-state index is -6.12. The van der Waals surface area contributed by atoms with E-state index in [1.54, 1.807) is 0 Å². The van der Waals surface area contributed by atoms with Crippen LogP contribution in [0.5, 0.6) is 0 Å². The molecule has 210 valence electrons. The van der Waals surface area contributed by atoms with Gasteiger partial charge in [0, 0.05) is 43.7 Å². The number of aliphatic hydroxyl groups is 1. The summed E-state index contributed by atoms with van der Waals surface area (Å²) >= 11 is 0. The Morgan fingerprint density at radius 1 is 0.842 bits per heavy atom. The van der Waals surface area contributed by atoms with E-state index in [-0.39, 0.29) is 23.1 Å². The molecule has 38 heavy (non-hydrogen) atoms. The zero-order valence-electron chi connectivity index (χ0n) is 19.5. The van der Waals surface area contributed by atoms with Crippen LogP contribution >= 0.6 is 0 Å². The van der Waals surface area contributed by atoms with E-state index in [1.807, 2.05) is 4.90 Å². The highest BCUT2D eigenvalue weighted by atomic mass is 32.2. The lowest BCUT2D eigenvalue weighted by Gasteiger charge is -2.59. The van der Waals surface area contributed by atoms with Crippen LogP contribution in [0.1, 0.15) is 16.7 Å². The van der Waals surface area contributed by atoms with Crippen LogP contribution in [0.4, 0.5) is 39.5 Å². The number of halogens is 9. The molecule has 0 aromatic heterocycles. The first kappa shape index (κ1) is 28.6. The third-order valence-corrected chi connectivity index (χ3v) is 8.04. The number of nitrogens with zero attached hydrogens (tertiary/aromatic N) is 2. The van der Waals surface area contributed by atoms with E-state index in [2.05, 4.69) is 0 Å². The second kappa shape index (κ2) is 8.83. The van der Waals surface area contributed by atoms with E-state index >= 15 is 0 Å². The van der Waals surface area contributed by atoms with E-state index < -0.39 is 50.8 Å². The molecule has 2 heterocycles. The molecule has 4 rings (SSSR count). The van der Waals surface area contributed by atoms with Crippen molar-refractivity contribution in [3.05, 3.63) is 59.2 Å². The van der Waals surface area contributed by atoms with E-state index in [0.29, 0.717) is 50.4 Å². The molecule has 2 aromatic rings. The number of hydrogen-bond acceptors (Lipinski definition) is 4. The fourth-order valence-corrected chi connectivity index (χ4v) is 5.98. The van der Waals surface area contributed by atoms with Crippen LogP contribution in [-0.2, 0) is 28.3 Å². The van der Waals surface area contributed by atoms with Crippen molar-refractivity contribution < 1.29 is 53.0 Å². The van der Waals surface area contributed by atoms with Crippen molar-refractivity contribution in [2.24, 2.45) is 5.41 Å². The molecule has 2 aromatic carbocycles. The molecule has 2 aliphatic rings. The topological polar surface area (TPSA) is 60.9 Å².